The highest BCUT2D eigenvalue weighted by atomic mass is 35.5. The van der Waals surface area contributed by atoms with Crippen molar-refractivity contribution in [1.29, 1.82) is 0 Å². The van der Waals surface area contributed by atoms with Crippen LogP contribution in [0.2, 0.25) is 5.02 Å². The topological polar surface area (TPSA) is 96.2 Å². The third-order valence-electron chi connectivity index (χ3n) is 4.48. The number of benzene rings is 1. The van der Waals surface area contributed by atoms with Gasteiger partial charge >= 0.3 is 0 Å². The maximum Gasteiger partial charge on any atom is 0.249 e. The average molecular weight is 421 g/mol. The standard InChI is InChI=1S/C17H23ClF2N4O2S/c1-17(19,20)10-6-9(7-22-8-10)14(25)24-16(27)13(21)15(26)23-12-4-2-11(18)3-5-12/h2-5,9-10,13,16,22,27H,6-8,21H2,1H3,(H,23,26)(H,24,25). The number of thiol groups is 1. The minimum Gasteiger partial charge on any atom is -0.342 e. The van der Waals surface area contributed by atoms with Crippen LogP contribution < -0.4 is 21.7 Å². The monoisotopic (exact) mass is 420 g/mol. The predicted octanol–water partition coefficient (Wildman–Crippen LogP) is 1.86. The van der Waals surface area contributed by atoms with E-state index in [0.29, 0.717) is 10.7 Å². The molecular formula is C17H23ClF2N4O2S. The van der Waals surface area contributed by atoms with E-state index in [-0.39, 0.29) is 19.5 Å². The molecule has 0 aromatic heterocycles. The maximum absolute atomic E-state index is 13.5. The van der Waals surface area contributed by atoms with Crippen LogP contribution in [0.4, 0.5) is 14.5 Å². The SMILES string of the molecule is CC(F)(F)C1CNCC(C(=O)NC(S)C(N)C(=O)Nc2ccc(Cl)cc2)C1. The molecule has 1 aromatic carbocycles. The third kappa shape index (κ3) is 6.31. The second-order valence-electron chi connectivity index (χ2n) is 6.72. The molecular weight excluding hydrogens is 398 g/mol. The van der Waals surface area contributed by atoms with Crippen molar-refractivity contribution >= 4 is 41.7 Å². The fourth-order valence-corrected chi connectivity index (χ4v) is 3.17. The Bertz CT molecular complexity index is 672. The van der Waals surface area contributed by atoms with Crippen molar-refractivity contribution < 1.29 is 18.4 Å². The Morgan fingerprint density at radius 2 is 1.96 bits per heavy atom. The van der Waals surface area contributed by atoms with Crippen LogP contribution in [-0.4, -0.2) is 42.2 Å². The molecule has 0 saturated carbocycles. The quantitative estimate of drug-likeness (QED) is 0.358. The number of nitrogens with two attached hydrogens (primary N) is 1. The van der Waals surface area contributed by atoms with Crippen molar-refractivity contribution in [1.82, 2.24) is 10.6 Å². The first kappa shape index (κ1) is 21.9. The number of halogens is 3. The van der Waals surface area contributed by atoms with Crippen LogP contribution in [0.25, 0.3) is 0 Å². The summed E-state index contributed by atoms with van der Waals surface area (Å²) < 4.78 is 27.0. The molecule has 1 aromatic rings. The Morgan fingerprint density at radius 1 is 1.33 bits per heavy atom. The highest BCUT2D eigenvalue weighted by Gasteiger charge is 2.40. The van der Waals surface area contributed by atoms with Crippen LogP contribution in [0.1, 0.15) is 13.3 Å². The largest absolute Gasteiger partial charge is 0.342 e. The van der Waals surface area contributed by atoms with E-state index in [2.05, 4.69) is 28.6 Å². The molecule has 1 saturated heterocycles. The first-order chi connectivity index (χ1) is 12.6. The number of rotatable bonds is 6. The minimum atomic E-state index is -2.87. The Labute approximate surface area is 167 Å². The van der Waals surface area contributed by atoms with E-state index in [4.69, 9.17) is 17.3 Å². The van der Waals surface area contributed by atoms with Crippen LogP contribution in [0.3, 0.4) is 0 Å². The summed E-state index contributed by atoms with van der Waals surface area (Å²) in [6.45, 7) is 1.28. The van der Waals surface area contributed by atoms with Gasteiger partial charge in [0.2, 0.25) is 17.7 Å². The second kappa shape index (κ2) is 9.18. The zero-order chi connectivity index (χ0) is 20.2. The van der Waals surface area contributed by atoms with Gasteiger partial charge in [0, 0.05) is 29.7 Å². The van der Waals surface area contributed by atoms with Gasteiger partial charge in [-0.25, -0.2) is 8.78 Å². The molecule has 6 nitrogen and oxygen atoms in total. The van der Waals surface area contributed by atoms with Gasteiger partial charge in [0.1, 0.15) is 6.04 Å². The molecule has 1 aliphatic rings. The van der Waals surface area contributed by atoms with Crippen molar-refractivity contribution in [3.8, 4) is 0 Å². The van der Waals surface area contributed by atoms with E-state index < -0.39 is 41.0 Å². The first-order valence-electron chi connectivity index (χ1n) is 8.47. The van der Waals surface area contributed by atoms with Gasteiger partial charge in [-0.05, 0) is 37.6 Å². The van der Waals surface area contributed by atoms with Crippen molar-refractivity contribution in [3.63, 3.8) is 0 Å². The van der Waals surface area contributed by atoms with E-state index in [9.17, 15) is 18.4 Å². The van der Waals surface area contributed by atoms with Crippen LogP contribution in [0, 0.1) is 11.8 Å². The number of alkyl halides is 2. The van der Waals surface area contributed by atoms with E-state index in [1.165, 1.54) is 0 Å². The van der Waals surface area contributed by atoms with Crippen LogP contribution in [0.15, 0.2) is 24.3 Å². The molecule has 4 unspecified atom stereocenters. The molecule has 0 spiro atoms. The third-order valence-corrected chi connectivity index (χ3v) is 5.19. The van der Waals surface area contributed by atoms with E-state index in [0.717, 1.165) is 6.92 Å². The summed E-state index contributed by atoms with van der Waals surface area (Å²) in [7, 11) is 0. The van der Waals surface area contributed by atoms with Gasteiger partial charge in [-0.15, -0.1) is 0 Å². The molecule has 5 N–H and O–H groups in total. The number of amides is 2. The van der Waals surface area contributed by atoms with Crippen molar-refractivity contribution in [2.45, 2.75) is 30.7 Å². The Balaban J connectivity index is 1.89. The number of hydrogen-bond donors (Lipinski definition) is 5. The predicted molar refractivity (Wildman–Crippen MR) is 104 cm³/mol. The highest BCUT2D eigenvalue weighted by Crippen LogP contribution is 2.31. The Hall–Kier alpha value is -1.42. The lowest BCUT2D eigenvalue weighted by molar-refractivity contribution is -0.128. The van der Waals surface area contributed by atoms with Crippen molar-refractivity contribution in [3.05, 3.63) is 29.3 Å². The molecule has 0 radical (unpaired) electrons. The van der Waals surface area contributed by atoms with Crippen LogP contribution in [-0.2, 0) is 9.59 Å². The zero-order valence-corrected chi connectivity index (χ0v) is 16.4. The number of anilines is 1. The van der Waals surface area contributed by atoms with E-state index in [1.807, 2.05) is 0 Å². The zero-order valence-electron chi connectivity index (χ0n) is 14.7. The van der Waals surface area contributed by atoms with Crippen molar-refractivity contribution in [2.24, 2.45) is 17.6 Å². The molecule has 150 valence electrons. The lowest BCUT2D eigenvalue weighted by Crippen LogP contribution is -2.54. The van der Waals surface area contributed by atoms with Gasteiger partial charge in [-0.2, -0.15) is 12.6 Å². The van der Waals surface area contributed by atoms with E-state index >= 15 is 0 Å². The molecule has 1 heterocycles. The van der Waals surface area contributed by atoms with Gasteiger partial charge in [-0.1, -0.05) is 11.6 Å². The molecule has 10 heteroatoms. The summed E-state index contributed by atoms with van der Waals surface area (Å²) >= 11 is 9.96. The first-order valence-corrected chi connectivity index (χ1v) is 9.36. The van der Waals surface area contributed by atoms with Crippen LogP contribution >= 0.6 is 24.2 Å². The van der Waals surface area contributed by atoms with Gasteiger partial charge in [0.25, 0.3) is 0 Å². The van der Waals surface area contributed by atoms with Gasteiger partial charge in [0.15, 0.2) is 0 Å². The molecule has 27 heavy (non-hydrogen) atoms. The van der Waals surface area contributed by atoms with Crippen LogP contribution in [0.5, 0.6) is 0 Å². The summed E-state index contributed by atoms with van der Waals surface area (Å²) in [6, 6.07) is 5.31. The number of carbonyl (C=O) groups excluding carboxylic acids is 2. The smallest absolute Gasteiger partial charge is 0.249 e. The molecule has 0 aliphatic carbocycles. The van der Waals surface area contributed by atoms with E-state index in [1.54, 1.807) is 24.3 Å². The highest BCUT2D eigenvalue weighted by molar-refractivity contribution is 7.81. The Morgan fingerprint density at radius 3 is 2.56 bits per heavy atom. The van der Waals surface area contributed by atoms with Gasteiger partial charge < -0.3 is 21.7 Å². The van der Waals surface area contributed by atoms with Gasteiger partial charge in [-0.3, -0.25) is 9.59 Å². The molecule has 1 fully saturated rings. The maximum atomic E-state index is 13.5. The summed E-state index contributed by atoms with van der Waals surface area (Å²) in [6.07, 6.45) is 0.0506. The average Bonchev–Trinajstić information content (AvgIpc) is 2.62. The fraction of sp³-hybridized carbons (Fsp3) is 0.529. The summed E-state index contributed by atoms with van der Waals surface area (Å²) in [5.74, 6) is -5.46. The number of piperidine rings is 1. The lowest BCUT2D eigenvalue weighted by Gasteiger charge is -2.33. The number of hydrogen-bond acceptors (Lipinski definition) is 5. The molecule has 1 aliphatic heterocycles. The molecule has 2 amide bonds. The van der Waals surface area contributed by atoms with Crippen molar-refractivity contribution in [2.75, 3.05) is 18.4 Å². The number of nitrogens with one attached hydrogen (secondary N) is 3. The second-order valence-corrected chi connectivity index (χ2v) is 7.71. The summed E-state index contributed by atoms with van der Waals surface area (Å²) in [5, 5.41) is 7.53. The van der Waals surface area contributed by atoms with Gasteiger partial charge in [0.05, 0.1) is 11.3 Å². The number of carbonyl (C=O) groups is 2. The minimum absolute atomic E-state index is 0.0506. The fourth-order valence-electron chi connectivity index (χ4n) is 2.78. The summed E-state index contributed by atoms with van der Waals surface area (Å²) in [5.41, 5.74) is 6.34. The molecule has 4 atom stereocenters. The molecule has 2 rings (SSSR count). The molecule has 0 bridgehead atoms. The summed E-state index contributed by atoms with van der Waals surface area (Å²) in [4.78, 5) is 24.6. The normalized spacial score (nSPS) is 22.6. The lowest BCUT2D eigenvalue weighted by atomic mass is 9.86. The Kier molecular flexibility index (Phi) is 7.44.